The van der Waals surface area contributed by atoms with Crippen molar-refractivity contribution in [2.45, 2.75) is 51.7 Å². The Labute approximate surface area is 81.3 Å². The first-order valence-electron chi connectivity index (χ1n) is 5.20. The second-order valence-corrected chi connectivity index (χ2v) is 3.46. The van der Waals surface area contributed by atoms with Crippen molar-refractivity contribution < 1.29 is 9.84 Å². The van der Waals surface area contributed by atoms with Crippen LogP contribution in [0.15, 0.2) is 0 Å². The highest BCUT2D eigenvalue weighted by molar-refractivity contribution is 4.68. The number of rotatable bonds is 8. The molecule has 2 atom stereocenters. The third kappa shape index (κ3) is 6.99. The van der Waals surface area contributed by atoms with Crippen LogP contribution in [0.25, 0.3) is 0 Å². The van der Waals surface area contributed by atoms with Gasteiger partial charge in [0.2, 0.25) is 0 Å². The minimum Gasteiger partial charge on any atom is -0.394 e. The van der Waals surface area contributed by atoms with Crippen molar-refractivity contribution in [3.05, 3.63) is 0 Å². The Bertz CT molecular complexity index is 109. The molecule has 0 aliphatic rings. The molecule has 0 bridgehead atoms. The summed E-state index contributed by atoms with van der Waals surface area (Å²) in [5.41, 5.74) is 5.89. The van der Waals surface area contributed by atoms with Crippen LogP contribution in [0.1, 0.15) is 39.5 Å². The molecule has 0 fully saturated rings. The first-order chi connectivity index (χ1) is 6.22. The highest BCUT2D eigenvalue weighted by Gasteiger charge is 2.11. The maximum atomic E-state index is 8.55. The average molecular weight is 189 g/mol. The van der Waals surface area contributed by atoms with Crippen LogP contribution in [0, 0.1) is 0 Å². The predicted molar refractivity (Wildman–Crippen MR) is 54.6 cm³/mol. The number of nitrogens with two attached hydrogens (primary N) is 1. The fourth-order valence-electron chi connectivity index (χ4n) is 1.23. The molecule has 80 valence electrons. The van der Waals surface area contributed by atoms with Crippen LogP contribution in [-0.4, -0.2) is 30.5 Å². The van der Waals surface area contributed by atoms with Crippen LogP contribution >= 0.6 is 0 Å². The van der Waals surface area contributed by atoms with Gasteiger partial charge in [0.1, 0.15) is 0 Å². The molecule has 3 nitrogen and oxygen atoms in total. The highest BCUT2D eigenvalue weighted by atomic mass is 16.5. The SMILES string of the molecule is CCCCCC(N)C(C)OCCO. The van der Waals surface area contributed by atoms with E-state index in [1.165, 1.54) is 19.3 Å². The number of ether oxygens (including phenoxy) is 1. The first-order valence-corrected chi connectivity index (χ1v) is 5.20. The van der Waals surface area contributed by atoms with Crippen molar-refractivity contribution in [2.24, 2.45) is 5.73 Å². The van der Waals surface area contributed by atoms with E-state index >= 15 is 0 Å². The zero-order chi connectivity index (χ0) is 10.1. The van der Waals surface area contributed by atoms with Crippen molar-refractivity contribution in [1.29, 1.82) is 0 Å². The van der Waals surface area contributed by atoms with E-state index in [0.717, 1.165) is 6.42 Å². The van der Waals surface area contributed by atoms with Gasteiger partial charge in [-0.25, -0.2) is 0 Å². The first kappa shape index (κ1) is 12.9. The molecule has 2 unspecified atom stereocenters. The summed E-state index contributed by atoms with van der Waals surface area (Å²) >= 11 is 0. The van der Waals surface area contributed by atoms with E-state index in [1.54, 1.807) is 0 Å². The summed E-state index contributed by atoms with van der Waals surface area (Å²) in [6.45, 7) is 4.61. The molecule has 0 aromatic carbocycles. The molecule has 0 spiro atoms. The van der Waals surface area contributed by atoms with E-state index in [9.17, 15) is 0 Å². The maximum absolute atomic E-state index is 8.55. The molecule has 0 saturated carbocycles. The van der Waals surface area contributed by atoms with Gasteiger partial charge in [-0.1, -0.05) is 26.2 Å². The summed E-state index contributed by atoms with van der Waals surface area (Å²) in [5.74, 6) is 0. The van der Waals surface area contributed by atoms with Crippen LogP contribution < -0.4 is 5.73 Å². The molecule has 0 aromatic rings. The molecular formula is C10H23NO2. The Morgan fingerprint density at radius 3 is 2.62 bits per heavy atom. The van der Waals surface area contributed by atoms with Gasteiger partial charge in [-0.05, 0) is 13.3 Å². The molecule has 13 heavy (non-hydrogen) atoms. The van der Waals surface area contributed by atoms with Gasteiger partial charge in [-0.3, -0.25) is 0 Å². The quantitative estimate of drug-likeness (QED) is 0.566. The Morgan fingerprint density at radius 1 is 1.38 bits per heavy atom. The maximum Gasteiger partial charge on any atom is 0.0702 e. The Morgan fingerprint density at radius 2 is 2.08 bits per heavy atom. The van der Waals surface area contributed by atoms with Gasteiger partial charge in [0.05, 0.1) is 19.3 Å². The standard InChI is InChI=1S/C10H23NO2/c1-3-4-5-6-10(11)9(2)13-8-7-12/h9-10,12H,3-8,11H2,1-2H3. The molecule has 0 saturated heterocycles. The normalized spacial score (nSPS) is 15.7. The molecule has 0 aliphatic heterocycles. The lowest BCUT2D eigenvalue weighted by Crippen LogP contribution is -2.35. The minimum atomic E-state index is 0.0593. The topological polar surface area (TPSA) is 55.5 Å². The number of aliphatic hydroxyl groups excluding tert-OH is 1. The molecule has 3 heteroatoms. The smallest absolute Gasteiger partial charge is 0.0702 e. The predicted octanol–water partition coefficient (Wildman–Crippen LogP) is 1.29. The number of unbranched alkanes of at least 4 members (excludes halogenated alkanes) is 2. The van der Waals surface area contributed by atoms with Crippen molar-refractivity contribution in [3.63, 3.8) is 0 Å². The summed E-state index contributed by atoms with van der Waals surface area (Å²) in [5, 5.41) is 8.55. The van der Waals surface area contributed by atoms with Gasteiger partial charge in [0.25, 0.3) is 0 Å². The fraction of sp³-hybridized carbons (Fsp3) is 1.00. The van der Waals surface area contributed by atoms with Crippen LogP contribution in [0.2, 0.25) is 0 Å². The average Bonchev–Trinajstić information content (AvgIpc) is 2.14. The third-order valence-electron chi connectivity index (χ3n) is 2.22. The zero-order valence-electron chi connectivity index (χ0n) is 8.83. The highest BCUT2D eigenvalue weighted by Crippen LogP contribution is 2.06. The molecule has 0 aliphatic carbocycles. The Balaban J connectivity index is 3.38. The largest absolute Gasteiger partial charge is 0.394 e. The lowest BCUT2D eigenvalue weighted by Gasteiger charge is -2.19. The van der Waals surface area contributed by atoms with Crippen LogP contribution in [-0.2, 0) is 4.74 Å². The van der Waals surface area contributed by atoms with E-state index < -0.39 is 0 Å². The van der Waals surface area contributed by atoms with E-state index in [4.69, 9.17) is 15.6 Å². The molecule has 3 N–H and O–H groups in total. The summed E-state index contributed by atoms with van der Waals surface area (Å²) in [6.07, 6.45) is 4.70. The van der Waals surface area contributed by atoms with E-state index in [-0.39, 0.29) is 18.8 Å². The van der Waals surface area contributed by atoms with Gasteiger partial charge in [-0.2, -0.15) is 0 Å². The lowest BCUT2D eigenvalue weighted by molar-refractivity contribution is 0.0233. The lowest BCUT2D eigenvalue weighted by atomic mass is 10.1. The van der Waals surface area contributed by atoms with Crippen LogP contribution in [0.4, 0.5) is 0 Å². The monoisotopic (exact) mass is 189 g/mol. The summed E-state index contributed by atoms with van der Waals surface area (Å²) in [6, 6.07) is 0.109. The van der Waals surface area contributed by atoms with E-state index in [2.05, 4.69) is 6.92 Å². The Hall–Kier alpha value is -0.120. The molecule has 0 amide bonds. The van der Waals surface area contributed by atoms with Crippen molar-refractivity contribution in [3.8, 4) is 0 Å². The van der Waals surface area contributed by atoms with Crippen LogP contribution in [0.5, 0.6) is 0 Å². The summed E-state index contributed by atoms with van der Waals surface area (Å²) in [4.78, 5) is 0. The second kappa shape index (κ2) is 8.48. The Kier molecular flexibility index (Phi) is 8.40. The minimum absolute atomic E-state index is 0.0593. The van der Waals surface area contributed by atoms with Gasteiger partial charge in [-0.15, -0.1) is 0 Å². The number of aliphatic hydroxyl groups is 1. The molecule has 0 radical (unpaired) electrons. The number of hydrogen-bond acceptors (Lipinski definition) is 3. The second-order valence-electron chi connectivity index (χ2n) is 3.46. The third-order valence-corrected chi connectivity index (χ3v) is 2.22. The van der Waals surface area contributed by atoms with Crippen molar-refractivity contribution in [1.82, 2.24) is 0 Å². The fourth-order valence-corrected chi connectivity index (χ4v) is 1.23. The van der Waals surface area contributed by atoms with Gasteiger partial charge in [0, 0.05) is 6.04 Å². The zero-order valence-corrected chi connectivity index (χ0v) is 8.83. The van der Waals surface area contributed by atoms with E-state index in [0.29, 0.717) is 6.61 Å². The van der Waals surface area contributed by atoms with Gasteiger partial charge >= 0.3 is 0 Å². The summed E-state index contributed by atoms with van der Waals surface area (Å²) < 4.78 is 5.31. The molecule has 0 aromatic heterocycles. The molecular weight excluding hydrogens is 166 g/mol. The molecule has 0 rings (SSSR count). The van der Waals surface area contributed by atoms with Crippen molar-refractivity contribution >= 4 is 0 Å². The molecule has 0 heterocycles. The number of hydrogen-bond donors (Lipinski definition) is 2. The van der Waals surface area contributed by atoms with E-state index in [1.807, 2.05) is 6.92 Å². The summed E-state index contributed by atoms with van der Waals surface area (Å²) in [7, 11) is 0. The van der Waals surface area contributed by atoms with Crippen LogP contribution in [0.3, 0.4) is 0 Å². The van der Waals surface area contributed by atoms with Gasteiger partial charge in [0.15, 0.2) is 0 Å². The van der Waals surface area contributed by atoms with Crippen molar-refractivity contribution in [2.75, 3.05) is 13.2 Å². The van der Waals surface area contributed by atoms with Gasteiger partial charge < -0.3 is 15.6 Å².